The fraction of sp³-hybridized carbons (Fsp3) is 0.545. The highest BCUT2D eigenvalue weighted by atomic mass is 16.5. The molecule has 0 fully saturated rings. The first-order valence-corrected chi connectivity index (χ1v) is 5.68. The summed E-state index contributed by atoms with van der Waals surface area (Å²) in [5.41, 5.74) is 0.199. The van der Waals surface area contributed by atoms with Crippen LogP contribution < -0.4 is 10.6 Å². The van der Waals surface area contributed by atoms with Gasteiger partial charge in [0.25, 0.3) is 0 Å². The van der Waals surface area contributed by atoms with Gasteiger partial charge in [-0.15, -0.1) is 0 Å². The summed E-state index contributed by atoms with van der Waals surface area (Å²) in [6, 6.07) is -1.20. The molecule has 0 bridgehead atoms. The first-order chi connectivity index (χ1) is 8.58. The molecule has 0 aliphatic carbocycles. The monoisotopic (exact) mass is 256 g/mol. The molecular weight excluding hydrogens is 240 g/mol. The Kier molecular flexibility index (Phi) is 5.16. The summed E-state index contributed by atoms with van der Waals surface area (Å²) >= 11 is 0. The van der Waals surface area contributed by atoms with Crippen LogP contribution in [0.5, 0.6) is 0 Å². The van der Waals surface area contributed by atoms with Crippen molar-refractivity contribution in [1.29, 1.82) is 0 Å². The molecule has 0 radical (unpaired) electrons. The molecule has 0 spiro atoms. The van der Waals surface area contributed by atoms with E-state index < -0.39 is 24.0 Å². The van der Waals surface area contributed by atoms with Crippen molar-refractivity contribution in [3.63, 3.8) is 0 Å². The highest BCUT2D eigenvalue weighted by Crippen LogP contribution is 2.12. The van der Waals surface area contributed by atoms with Gasteiger partial charge in [-0.05, 0) is 13.8 Å². The standard InChI is InChI=1S/C11H16N2O5/c1-3-17-9(14)5-8-7(10(15)18-4-2)6-12-11(16)13-8/h6,8H,3-5H2,1-2H3,(H2,12,13,16)/t8-/m1/s1. The number of ether oxygens (including phenoxy) is 2. The molecule has 2 amide bonds. The molecule has 1 aliphatic heterocycles. The third kappa shape index (κ3) is 3.76. The third-order valence-electron chi connectivity index (χ3n) is 2.23. The lowest BCUT2D eigenvalue weighted by atomic mass is 10.0. The number of hydrogen-bond acceptors (Lipinski definition) is 5. The van der Waals surface area contributed by atoms with Crippen molar-refractivity contribution in [2.75, 3.05) is 13.2 Å². The van der Waals surface area contributed by atoms with Crippen LogP contribution in [0.4, 0.5) is 4.79 Å². The molecule has 100 valence electrons. The van der Waals surface area contributed by atoms with Gasteiger partial charge in [-0.25, -0.2) is 9.59 Å². The van der Waals surface area contributed by atoms with E-state index in [0.717, 1.165) is 0 Å². The van der Waals surface area contributed by atoms with E-state index >= 15 is 0 Å². The second kappa shape index (κ2) is 6.63. The van der Waals surface area contributed by atoms with Gasteiger partial charge in [-0.2, -0.15) is 0 Å². The quantitative estimate of drug-likeness (QED) is 0.679. The van der Waals surface area contributed by atoms with E-state index in [-0.39, 0.29) is 25.2 Å². The summed E-state index contributed by atoms with van der Waals surface area (Å²) in [5.74, 6) is -1.06. The summed E-state index contributed by atoms with van der Waals surface area (Å²) in [6.07, 6.45) is 1.15. The van der Waals surface area contributed by atoms with E-state index in [1.54, 1.807) is 13.8 Å². The minimum atomic E-state index is -0.725. The Morgan fingerprint density at radius 2 is 1.94 bits per heavy atom. The average Bonchev–Trinajstić information content (AvgIpc) is 2.29. The Morgan fingerprint density at radius 1 is 1.28 bits per heavy atom. The van der Waals surface area contributed by atoms with E-state index in [0.29, 0.717) is 0 Å². The van der Waals surface area contributed by atoms with Crippen LogP contribution in [0.15, 0.2) is 11.8 Å². The van der Waals surface area contributed by atoms with Gasteiger partial charge >= 0.3 is 18.0 Å². The minimum Gasteiger partial charge on any atom is -0.466 e. The van der Waals surface area contributed by atoms with Crippen LogP contribution in [-0.4, -0.2) is 37.2 Å². The van der Waals surface area contributed by atoms with Crippen molar-refractivity contribution < 1.29 is 23.9 Å². The first-order valence-electron chi connectivity index (χ1n) is 5.68. The molecule has 1 rings (SSSR count). The zero-order valence-electron chi connectivity index (χ0n) is 10.3. The lowest BCUT2D eigenvalue weighted by Gasteiger charge is -2.23. The predicted octanol–water partition coefficient (Wildman–Crippen LogP) is 0.0680. The van der Waals surface area contributed by atoms with Crippen molar-refractivity contribution in [1.82, 2.24) is 10.6 Å². The molecular formula is C11H16N2O5. The van der Waals surface area contributed by atoms with E-state index in [1.165, 1.54) is 6.20 Å². The highest BCUT2D eigenvalue weighted by Gasteiger charge is 2.29. The number of rotatable bonds is 5. The van der Waals surface area contributed by atoms with E-state index in [9.17, 15) is 14.4 Å². The summed E-state index contributed by atoms with van der Waals surface area (Å²) in [6.45, 7) is 3.82. The van der Waals surface area contributed by atoms with Crippen LogP contribution in [-0.2, 0) is 19.1 Å². The normalized spacial score (nSPS) is 18.2. The molecule has 7 nitrogen and oxygen atoms in total. The Hall–Kier alpha value is -2.05. The molecule has 18 heavy (non-hydrogen) atoms. The van der Waals surface area contributed by atoms with Crippen molar-refractivity contribution >= 4 is 18.0 Å². The molecule has 7 heteroatoms. The SMILES string of the molecule is CCOC(=O)C[C@H]1NC(=O)NC=C1C(=O)OCC. The number of hydrogen-bond donors (Lipinski definition) is 2. The van der Waals surface area contributed by atoms with Crippen molar-refractivity contribution in [2.45, 2.75) is 26.3 Å². The first kappa shape index (κ1) is 14.0. The number of carbonyl (C=O) groups excluding carboxylic acids is 3. The number of carbonyl (C=O) groups is 3. The molecule has 1 heterocycles. The maximum atomic E-state index is 11.6. The topological polar surface area (TPSA) is 93.7 Å². The van der Waals surface area contributed by atoms with Crippen molar-refractivity contribution in [3.8, 4) is 0 Å². The number of esters is 2. The van der Waals surface area contributed by atoms with Crippen LogP contribution in [0.25, 0.3) is 0 Å². The molecule has 2 N–H and O–H groups in total. The Bertz CT molecular complexity index is 378. The lowest BCUT2D eigenvalue weighted by molar-refractivity contribution is -0.143. The second-order valence-corrected chi connectivity index (χ2v) is 3.50. The third-order valence-corrected chi connectivity index (χ3v) is 2.23. The van der Waals surface area contributed by atoms with Crippen LogP contribution in [0.1, 0.15) is 20.3 Å². The van der Waals surface area contributed by atoms with Gasteiger partial charge in [-0.3, -0.25) is 4.79 Å². The van der Waals surface area contributed by atoms with Crippen LogP contribution in [0, 0.1) is 0 Å². The van der Waals surface area contributed by atoms with E-state index in [2.05, 4.69) is 10.6 Å². The number of amides is 2. The molecule has 0 aromatic carbocycles. The second-order valence-electron chi connectivity index (χ2n) is 3.50. The van der Waals surface area contributed by atoms with Crippen LogP contribution in [0.3, 0.4) is 0 Å². The molecule has 1 atom stereocenters. The van der Waals surface area contributed by atoms with Gasteiger partial charge in [0.05, 0.1) is 31.2 Å². The molecule has 0 saturated carbocycles. The van der Waals surface area contributed by atoms with Crippen molar-refractivity contribution in [2.24, 2.45) is 0 Å². The Balaban J connectivity index is 2.74. The summed E-state index contributed by atoms with van der Waals surface area (Å²) in [4.78, 5) is 34.2. The highest BCUT2D eigenvalue weighted by molar-refractivity contribution is 5.94. The Labute approximate surface area is 105 Å². The van der Waals surface area contributed by atoms with Crippen molar-refractivity contribution in [3.05, 3.63) is 11.8 Å². The summed E-state index contributed by atoms with van der Waals surface area (Å²) in [5, 5.41) is 4.82. The zero-order chi connectivity index (χ0) is 13.5. The molecule has 0 unspecified atom stereocenters. The molecule has 0 aromatic heterocycles. The van der Waals surface area contributed by atoms with E-state index in [4.69, 9.17) is 9.47 Å². The number of nitrogens with one attached hydrogen (secondary N) is 2. The number of urea groups is 1. The van der Waals surface area contributed by atoms with Gasteiger partial charge in [0.1, 0.15) is 0 Å². The smallest absolute Gasteiger partial charge is 0.337 e. The minimum absolute atomic E-state index is 0.105. The lowest BCUT2D eigenvalue weighted by Crippen LogP contribution is -2.48. The largest absolute Gasteiger partial charge is 0.466 e. The predicted molar refractivity (Wildman–Crippen MR) is 61.4 cm³/mol. The van der Waals surface area contributed by atoms with Gasteiger partial charge in [0.15, 0.2) is 0 Å². The molecule has 0 saturated heterocycles. The van der Waals surface area contributed by atoms with Gasteiger partial charge in [0.2, 0.25) is 0 Å². The maximum Gasteiger partial charge on any atom is 0.337 e. The Morgan fingerprint density at radius 3 is 2.56 bits per heavy atom. The summed E-state index contributed by atoms with van der Waals surface area (Å²) < 4.78 is 9.62. The summed E-state index contributed by atoms with van der Waals surface area (Å²) in [7, 11) is 0. The van der Waals surface area contributed by atoms with Gasteiger partial charge in [-0.1, -0.05) is 0 Å². The molecule has 1 aliphatic rings. The van der Waals surface area contributed by atoms with Crippen LogP contribution >= 0.6 is 0 Å². The maximum absolute atomic E-state index is 11.6. The zero-order valence-corrected chi connectivity index (χ0v) is 10.3. The van der Waals surface area contributed by atoms with Gasteiger partial charge < -0.3 is 20.1 Å². The molecule has 0 aromatic rings. The fourth-order valence-corrected chi connectivity index (χ4v) is 1.48. The van der Waals surface area contributed by atoms with E-state index in [1.807, 2.05) is 0 Å². The average molecular weight is 256 g/mol. The van der Waals surface area contributed by atoms with Crippen LogP contribution in [0.2, 0.25) is 0 Å². The fourth-order valence-electron chi connectivity index (χ4n) is 1.48. The van der Waals surface area contributed by atoms with Gasteiger partial charge in [0, 0.05) is 6.20 Å².